The van der Waals surface area contributed by atoms with Crippen molar-refractivity contribution < 1.29 is 14.8 Å². The van der Waals surface area contributed by atoms with E-state index >= 15 is 0 Å². The van der Waals surface area contributed by atoms with E-state index in [-0.39, 0.29) is 11.7 Å². The van der Waals surface area contributed by atoms with E-state index in [1.807, 2.05) is 38.5 Å². The Balaban J connectivity index is 1.38. The van der Waals surface area contributed by atoms with Crippen molar-refractivity contribution >= 4 is 40.5 Å². The molecule has 1 saturated carbocycles. The normalized spacial score (nSPS) is 15.4. The van der Waals surface area contributed by atoms with Crippen molar-refractivity contribution in [3.8, 4) is 0 Å². The van der Waals surface area contributed by atoms with Gasteiger partial charge in [0.15, 0.2) is 5.78 Å². The fourth-order valence-electron chi connectivity index (χ4n) is 5.31. The van der Waals surface area contributed by atoms with Crippen LogP contribution in [0.4, 0.5) is 23.3 Å². The number of hydroxylamine groups is 1. The molecule has 1 aliphatic carbocycles. The Hall–Kier alpha value is -3.53. The third-order valence-corrected chi connectivity index (χ3v) is 7.62. The number of allylic oxidation sites excluding steroid dienone is 1. The Labute approximate surface area is 224 Å². The fraction of sp³-hybridized carbons (Fsp3) is 0.536. The van der Waals surface area contributed by atoms with Crippen molar-refractivity contribution in [1.29, 1.82) is 0 Å². The van der Waals surface area contributed by atoms with E-state index in [0.717, 1.165) is 73.3 Å². The third kappa shape index (κ3) is 6.66. The number of hydrogen-bond donors (Lipinski definition) is 3. The number of rotatable bonds is 12. The SMILES string of the molecule is CC(=O)C1=C(C)c2cnc(Nc3ccc(N(C)CCCCCCC(=O)NO)cn3)nc2N(C2CCCC2)C1. The highest BCUT2D eigenvalue weighted by Crippen LogP contribution is 2.38. The number of ketones is 1. The van der Waals surface area contributed by atoms with Gasteiger partial charge in [0.2, 0.25) is 11.9 Å². The largest absolute Gasteiger partial charge is 0.373 e. The van der Waals surface area contributed by atoms with Gasteiger partial charge in [-0.3, -0.25) is 14.8 Å². The quantitative estimate of drug-likeness (QED) is 0.208. The highest BCUT2D eigenvalue weighted by atomic mass is 16.5. The summed E-state index contributed by atoms with van der Waals surface area (Å²) in [5, 5.41) is 11.8. The third-order valence-electron chi connectivity index (χ3n) is 7.62. The molecule has 2 aromatic heterocycles. The Morgan fingerprint density at radius 2 is 1.87 bits per heavy atom. The van der Waals surface area contributed by atoms with Crippen LogP contribution in [-0.4, -0.2) is 58.0 Å². The van der Waals surface area contributed by atoms with Gasteiger partial charge in [-0.05, 0) is 57.2 Å². The van der Waals surface area contributed by atoms with Gasteiger partial charge in [0.05, 0.1) is 11.9 Å². The molecule has 3 heterocycles. The molecule has 0 unspecified atom stereocenters. The van der Waals surface area contributed by atoms with E-state index in [2.05, 4.69) is 25.1 Å². The summed E-state index contributed by atoms with van der Waals surface area (Å²) < 4.78 is 0. The van der Waals surface area contributed by atoms with Crippen LogP contribution in [-0.2, 0) is 9.59 Å². The molecule has 10 nitrogen and oxygen atoms in total. The molecule has 3 N–H and O–H groups in total. The van der Waals surface area contributed by atoms with Crippen LogP contribution in [0.1, 0.15) is 77.2 Å². The van der Waals surface area contributed by atoms with E-state index in [1.165, 1.54) is 12.8 Å². The molecule has 1 amide bonds. The number of unbranched alkanes of at least 4 members (excludes halogenated alkanes) is 3. The van der Waals surface area contributed by atoms with E-state index in [9.17, 15) is 9.59 Å². The Kier molecular flexibility index (Phi) is 9.28. The molecule has 1 fully saturated rings. The van der Waals surface area contributed by atoms with Gasteiger partial charge in [0, 0.05) is 49.9 Å². The number of anilines is 4. The summed E-state index contributed by atoms with van der Waals surface area (Å²) in [6.45, 7) is 5.13. The van der Waals surface area contributed by atoms with Crippen LogP contribution in [0.5, 0.6) is 0 Å². The number of pyridine rings is 1. The summed E-state index contributed by atoms with van der Waals surface area (Å²) in [5.41, 5.74) is 5.44. The van der Waals surface area contributed by atoms with E-state index in [0.29, 0.717) is 30.8 Å². The zero-order valence-electron chi connectivity index (χ0n) is 22.7. The molecular formula is C28H39N7O3. The minimum atomic E-state index is -0.331. The highest BCUT2D eigenvalue weighted by Gasteiger charge is 2.32. The number of hydrogen-bond acceptors (Lipinski definition) is 9. The second-order valence-electron chi connectivity index (χ2n) is 10.3. The molecule has 0 aromatic carbocycles. The summed E-state index contributed by atoms with van der Waals surface area (Å²) in [7, 11) is 2.04. The number of carbonyl (C=O) groups excluding carboxylic acids is 2. The van der Waals surface area contributed by atoms with Crippen molar-refractivity contribution in [2.45, 2.75) is 77.7 Å². The molecule has 1 aliphatic heterocycles. The van der Waals surface area contributed by atoms with Crippen LogP contribution >= 0.6 is 0 Å². The van der Waals surface area contributed by atoms with Crippen LogP contribution in [0.15, 0.2) is 30.1 Å². The number of nitrogens with one attached hydrogen (secondary N) is 2. The van der Waals surface area contributed by atoms with Crippen LogP contribution in [0, 0.1) is 0 Å². The minimum Gasteiger partial charge on any atom is -0.373 e. The fourth-order valence-corrected chi connectivity index (χ4v) is 5.31. The molecule has 2 aromatic rings. The molecule has 4 rings (SSSR count). The number of Topliss-reactive ketones (excluding diaryl/α,β-unsaturated/α-hetero) is 1. The van der Waals surface area contributed by atoms with Gasteiger partial charge >= 0.3 is 0 Å². The van der Waals surface area contributed by atoms with Gasteiger partial charge in [-0.15, -0.1) is 0 Å². The molecule has 0 atom stereocenters. The highest BCUT2D eigenvalue weighted by molar-refractivity contribution is 6.04. The number of aromatic nitrogens is 3. The van der Waals surface area contributed by atoms with Crippen molar-refractivity contribution in [1.82, 2.24) is 20.4 Å². The number of fused-ring (bicyclic) bond motifs is 1. The molecular weight excluding hydrogens is 482 g/mol. The topological polar surface area (TPSA) is 124 Å². The molecule has 0 spiro atoms. The van der Waals surface area contributed by atoms with Crippen molar-refractivity contribution in [3.63, 3.8) is 0 Å². The maximum Gasteiger partial charge on any atom is 0.243 e. The molecule has 38 heavy (non-hydrogen) atoms. The lowest BCUT2D eigenvalue weighted by molar-refractivity contribution is -0.129. The van der Waals surface area contributed by atoms with Gasteiger partial charge in [0.25, 0.3) is 0 Å². The average Bonchev–Trinajstić information content (AvgIpc) is 3.45. The van der Waals surface area contributed by atoms with Gasteiger partial charge in [0.1, 0.15) is 11.6 Å². The molecule has 10 heteroatoms. The lowest BCUT2D eigenvalue weighted by Crippen LogP contribution is -2.39. The molecule has 0 saturated heterocycles. The van der Waals surface area contributed by atoms with Gasteiger partial charge < -0.3 is 15.1 Å². The van der Waals surface area contributed by atoms with Crippen LogP contribution in [0.2, 0.25) is 0 Å². The Bertz CT molecular complexity index is 1160. The van der Waals surface area contributed by atoms with Crippen LogP contribution < -0.4 is 20.6 Å². The van der Waals surface area contributed by atoms with Crippen molar-refractivity contribution in [2.24, 2.45) is 0 Å². The van der Waals surface area contributed by atoms with Gasteiger partial charge in [-0.1, -0.05) is 25.7 Å². The Morgan fingerprint density at radius 1 is 1.11 bits per heavy atom. The summed E-state index contributed by atoms with van der Waals surface area (Å²) >= 11 is 0. The van der Waals surface area contributed by atoms with Crippen molar-refractivity contribution in [3.05, 3.63) is 35.7 Å². The first-order chi connectivity index (χ1) is 18.4. The minimum absolute atomic E-state index is 0.111. The molecule has 0 bridgehead atoms. The zero-order valence-corrected chi connectivity index (χ0v) is 22.7. The Morgan fingerprint density at radius 3 is 2.55 bits per heavy atom. The van der Waals surface area contributed by atoms with E-state index in [1.54, 1.807) is 12.4 Å². The summed E-state index contributed by atoms with van der Waals surface area (Å²) in [4.78, 5) is 41.8. The predicted molar refractivity (Wildman–Crippen MR) is 149 cm³/mol. The molecule has 0 radical (unpaired) electrons. The molecule has 204 valence electrons. The lowest BCUT2D eigenvalue weighted by atomic mass is 9.94. The van der Waals surface area contributed by atoms with E-state index in [4.69, 9.17) is 10.2 Å². The van der Waals surface area contributed by atoms with E-state index < -0.39 is 0 Å². The zero-order chi connectivity index (χ0) is 27.1. The van der Waals surface area contributed by atoms with Crippen LogP contribution in [0.3, 0.4) is 0 Å². The van der Waals surface area contributed by atoms with Crippen LogP contribution in [0.25, 0.3) is 5.57 Å². The number of nitrogens with zero attached hydrogens (tertiary/aromatic N) is 5. The first-order valence-electron chi connectivity index (χ1n) is 13.6. The maximum absolute atomic E-state index is 12.3. The lowest BCUT2D eigenvalue weighted by Gasteiger charge is -2.36. The second-order valence-corrected chi connectivity index (χ2v) is 10.3. The monoisotopic (exact) mass is 521 g/mol. The molecule has 2 aliphatic rings. The maximum atomic E-state index is 12.3. The average molecular weight is 522 g/mol. The number of amides is 1. The van der Waals surface area contributed by atoms with Crippen molar-refractivity contribution in [2.75, 3.05) is 35.3 Å². The summed E-state index contributed by atoms with van der Waals surface area (Å²) in [5.74, 6) is 1.84. The summed E-state index contributed by atoms with van der Waals surface area (Å²) in [6, 6.07) is 4.35. The van der Waals surface area contributed by atoms with Gasteiger partial charge in [-0.2, -0.15) is 4.98 Å². The smallest absolute Gasteiger partial charge is 0.243 e. The second kappa shape index (κ2) is 12.8. The first kappa shape index (κ1) is 27.5. The standard InChI is InChI=1S/C28H39N7O3/c1-19-23-17-30-28(32-27(23)35(18-24(19)20(2)36)21-10-7-8-11-21)31-25-14-13-22(16-29-25)34(3)15-9-5-4-6-12-26(37)33-38/h13-14,16-17,21,38H,4-12,15,18H2,1-3H3,(H,33,37)(H,29,30,31,32). The van der Waals surface area contributed by atoms with Gasteiger partial charge in [-0.25, -0.2) is 15.4 Å². The number of carbonyl (C=O) groups is 2. The predicted octanol–water partition coefficient (Wildman–Crippen LogP) is 4.63. The summed E-state index contributed by atoms with van der Waals surface area (Å²) in [6.07, 6.45) is 12.4. The first-order valence-corrected chi connectivity index (χ1v) is 13.6.